The summed E-state index contributed by atoms with van der Waals surface area (Å²) in [6.45, 7) is 1.45. The Bertz CT molecular complexity index is 1130. The van der Waals surface area contributed by atoms with Crippen molar-refractivity contribution in [1.29, 1.82) is 0 Å². The standard InChI is InChI=1S/C25H22ClN3O/c26-21-5-6-22-20(16-21)4-3-18-2-1-11-28-24(18)23(22)17-9-14-29(15-10-17)25(30)19-7-12-27-13-8-19/h1-2,5-8,11-13,16H,3-4,9-10,14-15H2/p+1. The number of halogens is 1. The van der Waals surface area contributed by atoms with Crippen LogP contribution < -0.4 is 4.98 Å². The molecular weight excluding hydrogens is 394 g/mol. The number of rotatable bonds is 1. The van der Waals surface area contributed by atoms with Gasteiger partial charge in [0.25, 0.3) is 5.91 Å². The number of amides is 1. The minimum absolute atomic E-state index is 0.0969. The fourth-order valence-corrected chi connectivity index (χ4v) is 4.77. The molecule has 0 saturated carbocycles. The van der Waals surface area contributed by atoms with Gasteiger partial charge in [0.15, 0.2) is 12.4 Å². The van der Waals surface area contributed by atoms with Gasteiger partial charge in [-0.25, -0.2) is 4.98 Å². The van der Waals surface area contributed by atoms with E-state index in [1.54, 1.807) is 12.4 Å². The Kier molecular flexibility index (Phi) is 5.09. The number of aromatic nitrogens is 2. The molecule has 1 aromatic carbocycles. The highest BCUT2D eigenvalue weighted by molar-refractivity contribution is 6.30. The number of piperidine rings is 1. The van der Waals surface area contributed by atoms with Gasteiger partial charge in [0.2, 0.25) is 0 Å². The third kappa shape index (κ3) is 3.52. The van der Waals surface area contributed by atoms with E-state index >= 15 is 0 Å². The minimum Gasteiger partial charge on any atom is -0.338 e. The molecule has 4 nitrogen and oxygen atoms in total. The maximum Gasteiger partial charge on any atom is 0.254 e. The lowest BCUT2D eigenvalue weighted by Gasteiger charge is -2.30. The molecule has 3 heterocycles. The summed E-state index contributed by atoms with van der Waals surface area (Å²) in [5.74, 6) is 0.0969. The number of aromatic amines is 1. The second-order valence-corrected chi connectivity index (χ2v) is 8.31. The average Bonchev–Trinajstić information content (AvgIpc) is 2.96. The summed E-state index contributed by atoms with van der Waals surface area (Å²) in [4.78, 5) is 22.6. The molecule has 1 aliphatic carbocycles. The number of pyridine rings is 2. The van der Waals surface area contributed by atoms with Crippen molar-refractivity contribution in [1.82, 2.24) is 9.88 Å². The van der Waals surface area contributed by atoms with Gasteiger partial charge in [0.1, 0.15) is 0 Å². The summed E-state index contributed by atoms with van der Waals surface area (Å²) in [6, 6.07) is 14.1. The van der Waals surface area contributed by atoms with Crippen molar-refractivity contribution < 1.29 is 9.78 Å². The van der Waals surface area contributed by atoms with Crippen molar-refractivity contribution in [3.63, 3.8) is 0 Å². The number of carbonyl (C=O) groups excluding carboxylic acids is 1. The van der Waals surface area contributed by atoms with Crippen LogP contribution in [0.25, 0.3) is 5.57 Å². The number of hydrogen-bond donors (Lipinski definition) is 0. The van der Waals surface area contributed by atoms with Gasteiger partial charge in [-0.3, -0.25) is 9.78 Å². The molecule has 1 aliphatic heterocycles. The number of nitrogens with zero attached hydrogens (tertiary/aromatic N) is 2. The van der Waals surface area contributed by atoms with Gasteiger partial charge in [0.05, 0.1) is 11.3 Å². The van der Waals surface area contributed by atoms with Crippen molar-refractivity contribution in [3.05, 3.63) is 99.6 Å². The molecule has 3 aromatic rings. The number of hydrogen-bond acceptors (Lipinski definition) is 2. The number of aryl methyl sites for hydroxylation is 2. The minimum atomic E-state index is 0.0969. The largest absolute Gasteiger partial charge is 0.338 e. The van der Waals surface area contributed by atoms with Gasteiger partial charge in [-0.15, -0.1) is 0 Å². The van der Waals surface area contributed by atoms with Gasteiger partial charge in [0, 0.05) is 42.0 Å². The Labute approximate surface area is 181 Å². The zero-order chi connectivity index (χ0) is 20.5. The highest BCUT2D eigenvalue weighted by Crippen LogP contribution is 2.38. The maximum atomic E-state index is 12.8. The topological polar surface area (TPSA) is 47.3 Å². The van der Waals surface area contributed by atoms with Gasteiger partial charge in [-0.1, -0.05) is 29.3 Å². The maximum absolute atomic E-state index is 12.8. The summed E-state index contributed by atoms with van der Waals surface area (Å²) in [5, 5.41) is 0.775. The lowest BCUT2D eigenvalue weighted by molar-refractivity contribution is -0.378. The van der Waals surface area contributed by atoms with Gasteiger partial charge in [-0.2, -0.15) is 0 Å². The van der Waals surface area contributed by atoms with Gasteiger partial charge >= 0.3 is 0 Å². The lowest BCUT2D eigenvalue weighted by atomic mass is 9.88. The van der Waals surface area contributed by atoms with Crippen LogP contribution in [0.2, 0.25) is 5.02 Å². The van der Waals surface area contributed by atoms with Crippen LogP contribution in [0, 0.1) is 0 Å². The number of carbonyl (C=O) groups is 1. The Morgan fingerprint density at radius 3 is 2.53 bits per heavy atom. The van der Waals surface area contributed by atoms with E-state index < -0.39 is 0 Å². The number of benzene rings is 1. The summed E-state index contributed by atoms with van der Waals surface area (Å²) in [7, 11) is 0. The van der Waals surface area contributed by atoms with Crippen LogP contribution in [-0.2, 0) is 12.8 Å². The SMILES string of the molecule is O=C(c1cc[nH+]cc1)N1CCC(=C2c3ccc(Cl)cc3CCc3cccnc32)CC1. The Balaban J connectivity index is 1.51. The van der Waals surface area contributed by atoms with Crippen LogP contribution in [0.4, 0.5) is 0 Å². The predicted molar refractivity (Wildman–Crippen MR) is 117 cm³/mol. The fourth-order valence-electron chi connectivity index (χ4n) is 4.58. The van der Waals surface area contributed by atoms with Crippen LogP contribution in [-0.4, -0.2) is 28.9 Å². The fraction of sp³-hybridized carbons (Fsp3) is 0.240. The first-order valence-electron chi connectivity index (χ1n) is 10.4. The van der Waals surface area contributed by atoms with Crippen LogP contribution in [0.1, 0.15) is 45.6 Å². The second-order valence-electron chi connectivity index (χ2n) is 7.87. The molecule has 5 rings (SSSR count). The van der Waals surface area contributed by atoms with Crippen LogP contribution in [0.3, 0.4) is 0 Å². The molecule has 1 N–H and O–H groups in total. The highest BCUT2D eigenvalue weighted by atomic mass is 35.5. The number of likely N-dealkylation sites (tertiary alicyclic amines) is 1. The quantitative estimate of drug-likeness (QED) is 0.590. The average molecular weight is 417 g/mol. The molecule has 5 heteroatoms. The smallest absolute Gasteiger partial charge is 0.254 e. The van der Waals surface area contributed by atoms with Gasteiger partial charge < -0.3 is 4.90 Å². The molecule has 0 atom stereocenters. The van der Waals surface area contributed by atoms with E-state index in [9.17, 15) is 4.79 Å². The Morgan fingerprint density at radius 1 is 0.967 bits per heavy atom. The summed E-state index contributed by atoms with van der Waals surface area (Å²) in [5.41, 5.74) is 8.25. The van der Waals surface area contributed by atoms with E-state index in [4.69, 9.17) is 16.6 Å². The third-order valence-corrected chi connectivity index (χ3v) is 6.34. The highest BCUT2D eigenvalue weighted by Gasteiger charge is 2.27. The molecular formula is C25H23ClN3O+. The van der Waals surface area contributed by atoms with Crippen molar-refractivity contribution in [2.45, 2.75) is 25.7 Å². The molecule has 1 saturated heterocycles. The monoisotopic (exact) mass is 416 g/mol. The first kappa shape index (κ1) is 19.0. The van der Waals surface area contributed by atoms with Crippen LogP contribution in [0.5, 0.6) is 0 Å². The van der Waals surface area contributed by atoms with Crippen molar-refractivity contribution in [3.8, 4) is 0 Å². The molecule has 1 amide bonds. The number of fused-ring (bicyclic) bond motifs is 2. The van der Waals surface area contributed by atoms with E-state index in [1.807, 2.05) is 35.4 Å². The van der Waals surface area contributed by atoms with Crippen molar-refractivity contribution in [2.75, 3.05) is 13.1 Å². The number of H-pyrrole nitrogens is 1. The zero-order valence-electron chi connectivity index (χ0n) is 16.7. The molecule has 0 radical (unpaired) electrons. The summed E-state index contributed by atoms with van der Waals surface area (Å²) < 4.78 is 0. The van der Waals surface area contributed by atoms with E-state index in [1.165, 1.54) is 27.8 Å². The lowest BCUT2D eigenvalue weighted by Crippen LogP contribution is -2.36. The van der Waals surface area contributed by atoms with E-state index in [-0.39, 0.29) is 5.91 Å². The molecule has 2 aliphatic rings. The Hall–Kier alpha value is -2.98. The molecule has 2 aromatic heterocycles. The molecule has 0 bridgehead atoms. The van der Waals surface area contributed by atoms with E-state index in [0.29, 0.717) is 0 Å². The van der Waals surface area contributed by atoms with E-state index in [0.717, 1.165) is 55.1 Å². The van der Waals surface area contributed by atoms with Crippen molar-refractivity contribution in [2.24, 2.45) is 0 Å². The van der Waals surface area contributed by atoms with Crippen LogP contribution in [0.15, 0.2) is 66.6 Å². The molecule has 30 heavy (non-hydrogen) atoms. The van der Waals surface area contributed by atoms with Gasteiger partial charge in [-0.05, 0) is 60.6 Å². The molecule has 0 spiro atoms. The Morgan fingerprint density at radius 2 is 1.73 bits per heavy atom. The first-order chi connectivity index (χ1) is 14.7. The second kappa shape index (κ2) is 8.04. The molecule has 1 fully saturated rings. The summed E-state index contributed by atoms with van der Waals surface area (Å²) >= 11 is 6.31. The van der Waals surface area contributed by atoms with E-state index in [2.05, 4.69) is 23.2 Å². The molecule has 0 unspecified atom stereocenters. The zero-order valence-corrected chi connectivity index (χ0v) is 17.5. The summed E-state index contributed by atoms with van der Waals surface area (Å²) in [6.07, 6.45) is 9.10. The number of nitrogens with one attached hydrogen (secondary N) is 1. The van der Waals surface area contributed by atoms with Crippen molar-refractivity contribution >= 4 is 23.1 Å². The van der Waals surface area contributed by atoms with Crippen LogP contribution >= 0.6 is 11.6 Å². The normalized spacial score (nSPS) is 16.0. The predicted octanol–water partition coefficient (Wildman–Crippen LogP) is 4.39. The molecule has 150 valence electrons. The third-order valence-electron chi connectivity index (χ3n) is 6.10. The first-order valence-corrected chi connectivity index (χ1v) is 10.8.